The van der Waals surface area contributed by atoms with E-state index in [4.69, 9.17) is 0 Å². The standard InChI is InChI=1S/C11H10FNO/c1-8-2-3-9(10(12)6-8)11(4-5-11)13-7-14/h2-3,6H,4-5H2,1H3. The molecule has 0 heterocycles. The second-order valence-electron chi connectivity index (χ2n) is 3.72. The van der Waals surface area contributed by atoms with Crippen LogP contribution in [0, 0.1) is 12.7 Å². The van der Waals surface area contributed by atoms with E-state index >= 15 is 0 Å². The zero-order chi connectivity index (χ0) is 10.2. The number of benzene rings is 1. The summed E-state index contributed by atoms with van der Waals surface area (Å²) in [6.45, 7) is 1.83. The molecule has 0 atom stereocenters. The molecule has 14 heavy (non-hydrogen) atoms. The Balaban J connectivity index is 2.47. The number of aryl methyl sites for hydroxylation is 1. The molecular weight excluding hydrogens is 181 g/mol. The number of isocyanates is 1. The van der Waals surface area contributed by atoms with Gasteiger partial charge in [-0.1, -0.05) is 12.1 Å². The quantitative estimate of drug-likeness (QED) is 0.521. The molecule has 0 spiro atoms. The van der Waals surface area contributed by atoms with Gasteiger partial charge in [-0.15, -0.1) is 0 Å². The maximum atomic E-state index is 13.5. The molecule has 0 N–H and O–H groups in total. The normalized spacial score (nSPS) is 17.3. The summed E-state index contributed by atoms with van der Waals surface area (Å²) in [5, 5.41) is 0. The first-order valence-corrected chi connectivity index (χ1v) is 4.54. The van der Waals surface area contributed by atoms with Gasteiger partial charge in [0.15, 0.2) is 0 Å². The van der Waals surface area contributed by atoms with Gasteiger partial charge in [0.05, 0.1) is 0 Å². The van der Waals surface area contributed by atoms with Crippen LogP contribution in [0.2, 0.25) is 0 Å². The highest BCUT2D eigenvalue weighted by atomic mass is 19.1. The molecule has 1 aromatic carbocycles. The van der Waals surface area contributed by atoms with Crippen molar-refractivity contribution in [1.82, 2.24) is 0 Å². The van der Waals surface area contributed by atoms with Crippen molar-refractivity contribution in [2.45, 2.75) is 25.3 Å². The van der Waals surface area contributed by atoms with Crippen LogP contribution >= 0.6 is 0 Å². The number of nitrogens with zero attached hydrogens (tertiary/aromatic N) is 1. The monoisotopic (exact) mass is 191 g/mol. The predicted molar refractivity (Wildman–Crippen MR) is 50.2 cm³/mol. The van der Waals surface area contributed by atoms with Crippen LogP contribution in [0.3, 0.4) is 0 Å². The van der Waals surface area contributed by atoms with Crippen molar-refractivity contribution in [2.24, 2.45) is 4.99 Å². The third-order valence-corrected chi connectivity index (χ3v) is 2.61. The molecular formula is C11H10FNO. The van der Waals surface area contributed by atoms with E-state index in [-0.39, 0.29) is 5.82 Å². The topological polar surface area (TPSA) is 29.4 Å². The molecule has 1 aromatic rings. The molecule has 0 aliphatic heterocycles. The number of carbonyl (C=O) groups excluding carboxylic acids is 1. The predicted octanol–water partition coefficient (Wildman–Crippen LogP) is 2.46. The molecule has 0 amide bonds. The van der Waals surface area contributed by atoms with E-state index < -0.39 is 5.54 Å². The van der Waals surface area contributed by atoms with Crippen LogP contribution in [0.1, 0.15) is 24.0 Å². The van der Waals surface area contributed by atoms with Crippen LogP contribution in [0.5, 0.6) is 0 Å². The molecule has 0 unspecified atom stereocenters. The lowest BCUT2D eigenvalue weighted by atomic mass is 10.0. The summed E-state index contributed by atoms with van der Waals surface area (Å²) in [7, 11) is 0. The van der Waals surface area contributed by atoms with Crippen molar-refractivity contribution >= 4 is 6.08 Å². The Morgan fingerprint density at radius 3 is 2.71 bits per heavy atom. The minimum Gasteiger partial charge on any atom is -0.211 e. The first-order chi connectivity index (χ1) is 6.68. The summed E-state index contributed by atoms with van der Waals surface area (Å²) in [6.07, 6.45) is 3.00. The maximum absolute atomic E-state index is 13.5. The molecule has 1 aliphatic carbocycles. The van der Waals surface area contributed by atoms with Crippen LogP contribution in [0.4, 0.5) is 4.39 Å². The minimum absolute atomic E-state index is 0.276. The number of hydrogen-bond acceptors (Lipinski definition) is 2. The fraction of sp³-hybridized carbons (Fsp3) is 0.364. The molecule has 0 radical (unpaired) electrons. The van der Waals surface area contributed by atoms with Crippen LogP contribution in [0.15, 0.2) is 23.2 Å². The summed E-state index contributed by atoms with van der Waals surface area (Å²) < 4.78 is 13.5. The van der Waals surface area contributed by atoms with Crippen molar-refractivity contribution in [3.63, 3.8) is 0 Å². The van der Waals surface area contributed by atoms with Crippen molar-refractivity contribution in [1.29, 1.82) is 0 Å². The Morgan fingerprint density at radius 1 is 1.50 bits per heavy atom. The van der Waals surface area contributed by atoms with Crippen LogP contribution in [-0.4, -0.2) is 6.08 Å². The van der Waals surface area contributed by atoms with Gasteiger partial charge in [0.25, 0.3) is 0 Å². The summed E-state index contributed by atoms with van der Waals surface area (Å²) in [5.74, 6) is -0.276. The second-order valence-corrected chi connectivity index (χ2v) is 3.72. The Bertz CT molecular complexity index is 417. The Labute approximate surface area is 81.5 Å². The van der Waals surface area contributed by atoms with E-state index in [1.165, 1.54) is 12.1 Å². The van der Waals surface area contributed by atoms with Gasteiger partial charge in [-0.2, -0.15) is 4.99 Å². The Morgan fingerprint density at radius 2 is 2.21 bits per heavy atom. The van der Waals surface area contributed by atoms with Gasteiger partial charge in [-0.3, -0.25) is 0 Å². The molecule has 0 bridgehead atoms. The molecule has 2 rings (SSSR count). The van der Waals surface area contributed by atoms with Crippen LogP contribution in [-0.2, 0) is 10.3 Å². The molecule has 2 nitrogen and oxygen atoms in total. The van der Waals surface area contributed by atoms with Crippen molar-refractivity contribution in [3.05, 3.63) is 35.1 Å². The maximum Gasteiger partial charge on any atom is 0.235 e. The fourth-order valence-electron chi connectivity index (χ4n) is 1.64. The van der Waals surface area contributed by atoms with Gasteiger partial charge in [-0.25, -0.2) is 9.18 Å². The van der Waals surface area contributed by atoms with Gasteiger partial charge in [0.2, 0.25) is 6.08 Å². The van der Waals surface area contributed by atoms with Crippen molar-refractivity contribution in [2.75, 3.05) is 0 Å². The molecule has 1 aliphatic rings. The zero-order valence-electron chi connectivity index (χ0n) is 7.88. The number of rotatable bonds is 2. The van der Waals surface area contributed by atoms with Gasteiger partial charge >= 0.3 is 0 Å². The van der Waals surface area contributed by atoms with Crippen LogP contribution in [0.25, 0.3) is 0 Å². The lowest BCUT2D eigenvalue weighted by Gasteiger charge is -2.09. The van der Waals surface area contributed by atoms with E-state index in [0.29, 0.717) is 5.56 Å². The zero-order valence-corrected chi connectivity index (χ0v) is 7.88. The summed E-state index contributed by atoms with van der Waals surface area (Å²) in [5.41, 5.74) is 0.795. The fourth-order valence-corrected chi connectivity index (χ4v) is 1.64. The second kappa shape index (κ2) is 3.03. The van der Waals surface area contributed by atoms with Crippen molar-refractivity contribution in [3.8, 4) is 0 Å². The third kappa shape index (κ3) is 1.36. The van der Waals surface area contributed by atoms with Crippen molar-refractivity contribution < 1.29 is 9.18 Å². The SMILES string of the molecule is Cc1ccc(C2(N=C=O)CC2)c(F)c1. The minimum atomic E-state index is -0.598. The van der Waals surface area contributed by atoms with E-state index in [1.54, 1.807) is 6.07 Å². The number of hydrogen-bond donors (Lipinski definition) is 0. The number of aliphatic imine (C=N–C) groups is 1. The lowest BCUT2D eigenvalue weighted by molar-refractivity contribution is 0.547. The van der Waals surface area contributed by atoms with E-state index in [1.807, 2.05) is 13.0 Å². The lowest BCUT2D eigenvalue weighted by Crippen LogP contribution is -2.05. The molecule has 1 saturated carbocycles. The first-order valence-electron chi connectivity index (χ1n) is 4.54. The van der Waals surface area contributed by atoms with Gasteiger partial charge in [-0.05, 0) is 31.4 Å². The Hall–Kier alpha value is -1.47. The third-order valence-electron chi connectivity index (χ3n) is 2.61. The van der Waals surface area contributed by atoms with Gasteiger partial charge in [0.1, 0.15) is 11.4 Å². The highest BCUT2D eigenvalue weighted by molar-refractivity contribution is 5.42. The van der Waals surface area contributed by atoms with Gasteiger partial charge < -0.3 is 0 Å². The van der Waals surface area contributed by atoms with E-state index in [2.05, 4.69) is 4.99 Å². The molecule has 72 valence electrons. The smallest absolute Gasteiger partial charge is 0.211 e. The van der Waals surface area contributed by atoms with E-state index in [0.717, 1.165) is 18.4 Å². The Kier molecular flexibility index (Phi) is 1.97. The largest absolute Gasteiger partial charge is 0.235 e. The summed E-state index contributed by atoms with van der Waals surface area (Å²) in [4.78, 5) is 13.9. The molecule has 0 aromatic heterocycles. The highest BCUT2D eigenvalue weighted by Gasteiger charge is 2.46. The van der Waals surface area contributed by atoms with Crippen LogP contribution < -0.4 is 0 Å². The molecule has 1 fully saturated rings. The average molecular weight is 191 g/mol. The van der Waals surface area contributed by atoms with Gasteiger partial charge in [0, 0.05) is 5.56 Å². The highest BCUT2D eigenvalue weighted by Crippen LogP contribution is 2.50. The molecule has 3 heteroatoms. The molecule has 0 saturated heterocycles. The average Bonchev–Trinajstić information content (AvgIpc) is 2.86. The first kappa shape index (κ1) is 9.10. The van der Waals surface area contributed by atoms with E-state index in [9.17, 15) is 9.18 Å². The summed E-state index contributed by atoms with van der Waals surface area (Å²) >= 11 is 0. The number of halogens is 1. The summed E-state index contributed by atoms with van der Waals surface area (Å²) in [6, 6.07) is 5.01.